The van der Waals surface area contributed by atoms with Crippen molar-refractivity contribution in [3.63, 3.8) is 0 Å². The number of hydrogen-bond acceptors (Lipinski definition) is 6. The lowest BCUT2D eigenvalue weighted by atomic mass is 9.89. The van der Waals surface area contributed by atoms with Crippen LogP contribution in [0, 0.1) is 32.8 Å². The number of nitro benzene ring substituents is 1. The molecule has 0 aliphatic rings. The van der Waals surface area contributed by atoms with Gasteiger partial charge in [-0.3, -0.25) is 10.1 Å². The van der Waals surface area contributed by atoms with Crippen LogP contribution in [-0.4, -0.2) is 4.92 Å². The molecule has 0 heterocycles. The van der Waals surface area contributed by atoms with Gasteiger partial charge in [-0.15, -0.1) is 0 Å². The molecule has 7 heteroatoms. The Kier molecular flexibility index (Phi) is 4.44. The summed E-state index contributed by atoms with van der Waals surface area (Å²) >= 11 is 0. The van der Waals surface area contributed by atoms with Crippen molar-refractivity contribution in [2.45, 2.75) is 0 Å². The van der Waals surface area contributed by atoms with Gasteiger partial charge in [0.2, 0.25) is 0 Å². The molecule has 7 nitrogen and oxygen atoms in total. The molecule has 3 rings (SSSR count). The molecule has 0 unspecified atom stereocenters. The van der Waals surface area contributed by atoms with E-state index in [0.717, 1.165) is 0 Å². The maximum atomic E-state index is 11.1. The SMILES string of the molecule is N#Cc1c(-c2ccc(N)cc2)cc(-c2cccc([N+](=O)[O-])c2)c(C#N)c1N. The van der Waals surface area contributed by atoms with Crippen LogP contribution >= 0.6 is 0 Å². The van der Waals surface area contributed by atoms with Crippen molar-refractivity contribution < 1.29 is 4.92 Å². The van der Waals surface area contributed by atoms with E-state index in [4.69, 9.17) is 11.5 Å². The Morgan fingerprint density at radius 2 is 1.44 bits per heavy atom. The zero-order valence-electron chi connectivity index (χ0n) is 14.0. The van der Waals surface area contributed by atoms with Crippen molar-refractivity contribution in [2.24, 2.45) is 0 Å². The molecule has 130 valence electrons. The van der Waals surface area contributed by atoms with Gasteiger partial charge in [0.15, 0.2) is 0 Å². The van der Waals surface area contributed by atoms with Gasteiger partial charge in [0.25, 0.3) is 5.69 Å². The van der Waals surface area contributed by atoms with Crippen LogP contribution in [0.3, 0.4) is 0 Å². The number of nitro groups is 1. The van der Waals surface area contributed by atoms with Crippen LogP contribution in [0.15, 0.2) is 54.6 Å². The molecule has 0 amide bonds. The highest BCUT2D eigenvalue weighted by Gasteiger charge is 2.19. The fourth-order valence-corrected chi connectivity index (χ4v) is 2.85. The highest BCUT2D eigenvalue weighted by molar-refractivity contribution is 5.89. The van der Waals surface area contributed by atoms with Crippen molar-refractivity contribution in [2.75, 3.05) is 11.5 Å². The second-order valence-electron chi connectivity index (χ2n) is 5.79. The Labute approximate surface area is 154 Å². The molecule has 27 heavy (non-hydrogen) atoms. The summed E-state index contributed by atoms with van der Waals surface area (Å²) < 4.78 is 0. The molecule has 0 aliphatic heterocycles. The topological polar surface area (TPSA) is 143 Å². The predicted octanol–water partition coefficient (Wildman–Crippen LogP) is 3.84. The van der Waals surface area contributed by atoms with E-state index in [1.165, 1.54) is 18.2 Å². The van der Waals surface area contributed by atoms with Crippen LogP contribution in [0.4, 0.5) is 17.1 Å². The molecule has 0 radical (unpaired) electrons. The fourth-order valence-electron chi connectivity index (χ4n) is 2.85. The van der Waals surface area contributed by atoms with Crippen molar-refractivity contribution in [3.8, 4) is 34.4 Å². The third-order valence-corrected chi connectivity index (χ3v) is 4.18. The van der Waals surface area contributed by atoms with Gasteiger partial charge >= 0.3 is 0 Å². The van der Waals surface area contributed by atoms with Crippen LogP contribution in [0.2, 0.25) is 0 Å². The van der Waals surface area contributed by atoms with E-state index in [9.17, 15) is 20.6 Å². The van der Waals surface area contributed by atoms with E-state index >= 15 is 0 Å². The molecule has 3 aromatic carbocycles. The predicted molar refractivity (Wildman–Crippen MR) is 102 cm³/mol. The van der Waals surface area contributed by atoms with E-state index in [-0.39, 0.29) is 22.5 Å². The molecule has 3 aromatic rings. The van der Waals surface area contributed by atoms with Gasteiger partial charge in [-0.1, -0.05) is 24.3 Å². The van der Waals surface area contributed by atoms with E-state index in [0.29, 0.717) is 27.9 Å². The smallest absolute Gasteiger partial charge is 0.270 e. The molecule has 0 atom stereocenters. The molecule has 0 aliphatic carbocycles. The van der Waals surface area contributed by atoms with Crippen LogP contribution in [0.25, 0.3) is 22.3 Å². The van der Waals surface area contributed by atoms with Crippen LogP contribution in [-0.2, 0) is 0 Å². The fraction of sp³-hybridized carbons (Fsp3) is 0. The zero-order valence-corrected chi connectivity index (χ0v) is 14.0. The average Bonchev–Trinajstić information content (AvgIpc) is 2.68. The summed E-state index contributed by atoms with van der Waals surface area (Å²) in [6.07, 6.45) is 0. The lowest BCUT2D eigenvalue weighted by Crippen LogP contribution is -2.01. The first-order valence-electron chi connectivity index (χ1n) is 7.83. The quantitative estimate of drug-likeness (QED) is 0.415. The second-order valence-corrected chi connectivity index (χ2v) is 5.79. The van der Waals surface area contributed by atoms with Crippen LogP contribution in [0.5, 0.6) is 0 Å². The number of nitrogen functional groups attached to an aromatic ring is 2. The van der Waals surface area contributed by atoms with E-state index in [2.05, 4.69) is 0 Å². The summed E-state index contributed by atoms with van der Waals surface area (Å²) in [6, 6.07) is 18.5. The van der Waals surface area contributed by atoms with Gasteiger partial charge in [0.1, 0.15) is 12.1 Å². The summed E-state index contributed by atoms with van der Waals surface area (Å²) in [5.41, 5.74) is 14.7. The van der Waals surface area contributed by atoms with Crippen molar-refractivity contribution >= 4 is 17.1 Å². The molecule has 0 fully saturated rings. The van der Waals surface area contributed by atoms with Gasteiger partial charge in [0.05, 0.1) is 21.7 Å². The van der Waals surface area contributed by atoms with Crippen molar-refractivity contribution in [1.29, 1.82) is 10.5 Å². The summed E-state index contributed by atoms with van der Waals surface area (Å²) in [7, 11) is 0. The van der Waals surface area contributed by atoms with Crippen LogP contribution in [0.1, 0.15) is 11.1 Å². The minimum atomic E-state index is -0.510. The minimum absolute atomic E-state index is 0.0378. The van der Waals surface area contributed by atoms with Gasteiger partial charge in [-0.25, -0.2) is 0 Å². The maximum Gasteiger partial charge on any atom is 0.270 e. The lowest BCUT2D eigenvalue weighted by molar-refractivity contribution is -0.384. The average molecular weight is 355 g/mol. The third-order valence-electron chi connectivity index (χ3n) is 4.18. The molecule has 0 saturated heterocycles. The first-order valence-corrected chi connectivity index (χ1v) is 7.83. The number of hydrogen-bond donors (Lipinski definition) is 2. The third kappa shape index (κ3) is 3.13. The number of nitrogens with zero attached hydrogens (tertiary/aromatic N) is 3. The standard InChI is InChI=1S/C20H13N5O2/c21-10-18-16(12-4-6-14(23)7-5-12)9-17(19(11-22)20(18)24)13-2-1-3-15(8-13)25(26)27/h1-9H,23-24H2. The van der Waals surface area contributed by atoms with Crippen LogP contribution < -0.4 is 11.5 Å². The molecule has 0 aromatic heterocycles. The van der Waals surface area contributed by atoms with Crippen molar-refractivity contribution in [3.05, 3.63) is 75.8 Å². The molecular formula is C20H13N5O2. The highest BCUT2D eigenvalue weighted by atomic mass is 16.6. The van der Waals surface area contributed by atoms with E-state index in [1.54, 1.807) is 36.4 Å². The largest absolute Gasteiger partial charge is 0.399 e. The van der Waals surface area contributed by atoms with E-state index < -0.39 is 4.92 Å². The first kappa shape index (κ1) is 17.5. The number of nitrogens with two attached hydrogens (primary N) is 2. The number of nitriles is 2. The molecule has 0 bridgehead atoms. The normalized spacial score (nSPS) is 10.0. The second kappa shape index (κ2) is 6.87. The Morgan fingerprint density at radius 1 is 0.852 bits per heavy atom. The van der Waals surface area contributed by atoms with Gasteiger partial charge in [-0.2, -0.15) is 10.5 Å². The summed E-state index contributed by atoms with van der Waals surface area (Å²) in [4.78, 5) is 10.6. The monoisotopic (exact) mass is 355 g/mol. The molecule has 4 N–H and O–H groups in total. The number of anilines is 2. The number of rotatable bonds is 3. The first-order chi connectivity index (χ1) is 13.0. The highest BCUT2D eigenvalue weighted by Crippen LogP contribution is 2.38. The Bertz CT molecular complexity index is 1140. The maximum absolute atomic E-state index is 11.1. The summed E-state index contributed by atoms with van der Waals surface area (Å²) in [5.74, 6) is 0. The Hall–Kier alpha value is -4.36. The van der Waals surface area contributed by atoms with Crippen molar-refractivity contribution in [1.82, 2.24) is 0 Å². The van der Waals surface area contributed by atoms with E-state index in [1.807, 2.05) is 12.1 Å². The van der Waals surface area contributed by atoms with Gasteiger partial charge in [-0.05, 0) is 29.3 Å². The molecular weight excluding hydrogens is 342 g/mol. The lowest BCUT2D eigenvalue weighted by Gasteiger charge is -2.14. The Morgan fingerprint density at radius 3 is 2.00 bits per heavy atom. The van der Waals surface area contributed by atoms with Gasteiger partial charge < -0.3 is 11.5 Å². The summed E-state index contributed by atoms with van der Waals surface area (Å²) in [5, 5.41) is 30.2. The van der Waals surface area contributed by atoms with Gasteiger partial charge in [0, 0.05) is 28.9 Å². The number of benzene rings is 3. The Balaban J connectivity index is 2.34. The molecule has 0 saturated carbocycles. The molecule has 0 spiro atoms. The summed E-state index contributed by atoms with van der Waals surface area (Å²) in [6.45, 7) is 0. The zero-order chi connectivity index (χ0) is 19.6. The number of non-ortho nitro benzene ring substituents is 1. The minimum Gasteiger partial charge on any atom is -0.399 e.